The van der Waals surface area contributed by atoms with E-state index in [1.165, 1.54) is 0 Å². The molecule has 0 aliphatic carbocycles. The van der Waals surface area contributed by atoms with Crippen molar-refractivity contribution < 1.29 is 4.74 Å². The normalized spacial score (nSPS) is 34.2. The summed E-state index contributed by atoms with van der Waals surface area (Å²) >= 11 is 0. The third kappa shape index (κ3) is 2.73. The molecule has 0 bridgehead atoms. The van der Waals surface area contributed by atoms with E-state index >= 15 is 0 Å². The SMILES string of the molecule is CC1CCC(C(C#N)N2CCCNCC2)O1. The summed E-state index contributed by atoms with van der Waals surface area (Å²) in [6.07, 6.45) is 3.70. The molecule has 0 radical (unpaired) electrons. The van der Waals surface area contributed by atoms with E-state index in [2.05, 4.69) is 23.2 Å². The largest absolute Gasteiger partial charge is 0.373 e. The van der Waals surface area contributed by atoms with Gasteiger partial charge in [-0.15, -0.1) is 0 Å². The van der Waals surface area contributed by atoms with Crippen molar-refractivity contribution in [3.8, 4) is 6.07 Å². The second-order valence-corrected chi connectivity index (χ2v) is 4.78. The zero-order chi connectivity index (χ0) is 11.4. The predicted octanol–water partition coefficient (Wildman–Crippen LogP) is 0.741. The Morgan fingerprint density at radius 3 is 2.94 bits per heavy atom. The molecule has 2 rings (SSSR count). The Morgan fingerprint density at radius 2 is 2.25 bits per heavy atom. The molecule has 4 heteroatoms. The summed E-state index contributed by atoms with van der Waals surface area (Å²) in [6, 6.07) is 2.38. The van der Waals surface area contributed by atoms with Crippen LogP contribution in [0.3, 0.4) is 0 Å². The first-order valence-electron chi connectivity index (χ1n) is 6.31. The fourth-order valence-corrected chi connectivity index (χ4v) is 2.61. The molecular weight excluding hydrogens is 202 g/mol. The monoisotopic (exact) mass is 223 g/mol. The second kappa shape index (κ2) is 5.62. The van der Waals surface area contributed by atoms with Gasteiger partial charge in [0.25, 0.3) is 0 Å². The number of nitrogens with zero attached hydrogens (tertiary/aromatic N) is 2. The van der Waals surface area contributed by atoms with E-state index in [1.54, 1.807) is 0 Å². The number of hydrogen-bond acceptors (Lipinski definition) is 4. The lowest BCUT2D eigenvalue weighted by Crippen LogP contribution is -2.44. The molecule has 2 aliphatic heterocycles. The summed E-state index contributed by atoms with van der Waals surface area (Å²) < 4.78 is 5.82. The van der Waals surface area contributed by atoms with Gasteiger partial charge < -0.3 is 10.1 Å². The van der Waals surface area contributed by atoms with Gasteiger partial charge in [-0.3, -0.25) is 4.90 Å². The average Bonchev–Trinajstić information content (AvgIpc) is 2.55. The Morgan fingerprint density at radius 1 is 1.38 bits per heavy atom. The molecule has 0 aromatic rings. The molecule has 0 aromatic heterocycles. The van der Waals surface area contributed by atoms with Crippen LogP contribution in [0.4, 0.5) is 0 Å². The molecule has 0 amide bonds. The maximum Gasteiger partial charge on any atom is 0.124 e. The van der Waals surface area contributed by atoms with Gasteiger partial charge in [-0.25, -0.2) is 0 Å². The average molecular weight is 223 g/mol. The summed E-state index contributed by atoms with van der Waals surface area (Å²) in [5.41, 5.74) is 0. The highest BCUT2D eigenvalue weighted by Crippen LogP contribution is 2.24. The van der Waals surface area contributed by atoms with Crippen LogP contribution in [0.5, 0.6) is 0 Å². The summed E-state index contributed by atoms with van der Waals surface area (Å²) in [6.45, 7) is 6.13. The van der Waals surface area contributed by atoms with Gasteiger partial charge in [0.15, 0.2) is 0 Å². The Bertz CT molecular complexity index is 255. The lowest BCUT2D eigenvalue weighted by molar-refractivity contribution is 0.0121. The molecule has 2 aliphatic rings. The summed E-state index contributed by atoms with van der Waals surface area (Å²) in [7, 11) is 0. The summed E-state index contributed by atoms with van der Waals surface area (Å²) in [5, 5.41) is 12.7. The fraction of sp³-hybridized carbons (Fsp3) is 0.917. The highest BCUT2D eigenvalue weighted by atomic mass is 16.5. The van der Waals surface area contributed by atoms with Gasteiger partial charge in [0.2, 0.25) is 0 Å². The minimum atomic E-state index is -0.0511. The standard InChI is InChI=1S/C12H21N3O/c1-10-3-4-12(16-10)11(9-13)15-7-2-5-14-6-8-15/h10-12,14H,2-8H2,1H3. The van der Waals surface area contributed by atoms with E-state index in [0.717, 1.165) is 45.4 Å². The predicted molar refractivity (Wildman–Crippen MR) is 62.0 cm³/mol. The minimum absolute atomic E-state index is 0.0511. The van der Waals surface area contributed by atoms with Gasteiger partial charge in [-0.2, -0.15) is 5.26 Å². The lowest BCUT2D eigenvalue weighted by Gasteiger charge is -2.29. The Hall–Kier alpha value is -0.630. The van der Waals surface area contributed by atoms with Crippen LogP contribution in [-0.2, 0) is 4.74 Å². The Balaban J connectivity index is 1.95. The van der Waals surface area contributed by atoms with Crippen LogP contribution in [0, 0.1) is 11.3 Å². The van der Waals surface area contributed by atoms with Gasteiger partial charge in [-0.1, -0.05) is 0 Å². The molecule has 1 N–H and O–H groups in total. The molecule has 90 valence electrons. The van der Waals surface area contributed by atoms with Crippen molar-refractivity contribution in [3.63, 3.8) is 0 Å². The van der Waals surface area contributed by atoms with Crippen molar-refractivity contribution in [2.75, 3.05) is 26.2 Å². The third-order valence-corrected chi connectivity index (χ3v) is 3.52. The van der Waals surface area contributed by atoms with Crippen LogP contribution in [0.25, 0.3) is 0 Å². The van der Waals surface area contributed by atoms with Crippen LogP contribution >= 0.6 is 0 Å². The van der Waals surface area contributed by atoms with Crippen LogP contribution < -0.4 is 5.32 Å². The quantitative estimate of drug-likeness (QED) is 0.750. The molecule has 3 atom stereocenters. The van der Waals surface area contributed by atoms with Crippen LogP contribution in [-0.4, -0.2) is 49.3 Å². The number of nitriles is 1. The molecule has 0 spiro atoms. The molecule has 0 aromatic carbocycles. The number of ether oxygens (including phenoxy) is 1. The van der Waals surface area contributed by atoms with Crippen molar-refractivity contribution in [1.29, 1.82) is 5.26 Å². The van der Waals surface area contributed by atoms with Crippen molar-refractivity contribution in [2.45, 2.75) is 44.4 Å². The lowest BCUT2D eigenvalue weighted by atomic mass is 10.1. The van der Waals surface area contributed by atoms with Crippen molar-refractivity contribution >= 4 is 0 Å². The maximum atomic E-state index is 9.32. The van der Waals surface area contributed by atoms with E-state index in [4.69, 9.17) is 4.74 Å². The van der Waals surface area contributed by atoms with Gasteiger partial charge in [0.1, 0.15) is 6.04 Å². The van der Waals surface area contributed by atoms with Crippen molar-refractivity contribution in [2.24, 2.45) is 0 Å². The number of nitrogens with one attached hydrogen (secondary N) is 1. The summed E-state index contributed by atoms with van der Waals surface area (Å²) in [5.74, 6) is 0. The zero-order valence-electron chi connectivity index (χ0n) is 9.98. The van der Waals surface area contributed by atoms with Crippen LogP contribution in [0.2, 0.25) is 0 Å². The molecular formula is C12H21N3O. The van der Waals surface area contributed by atoms with E-state index < -0.39 is 0 Å². The third-order valence-electron chi connectivity index (χ3n) is 3.52. The summed E-state index contributed by atoms with van der Waals surface area (Å²) in [4.78, 5) is 2.28. The van der Waals surface area contributed by atoms with E-state index in [-0.39, 0.29) is 12.1 Å². The number of rotatable bonds is 2. The molecule has 2 fully saturated rings. The maximum absolute atomic E-state index is 9.32. The fourth-order valence-electron chi connectivity index (χ4n) is 2.61. The molecule has 16 heavy (non-hydrogen) atoms. The molecule has 2 heterocycles. The number of hydrogen-bond donors (Lipinski definition) is 1. The van der Waals surface area contributed by atoms with E-state index in [9.17, 15) is 5.26 Å². The Labute approximate surface area is 97.6 Å². The van der Waals surface area contributed by atoms with E-state index in [0.29, 0.717) is 6.10 Å². The molecule has 2 saturated heterocycles. The van der Waals surface area contributed by atoms with Gasteiger partial charge in [-0.05, 0) is 32.7 Å². The topological polar surface area (TPSA) is 48.3 Å². The van der Waals surface area contributed by atoms with Gasteiger partial charge >= 0.3 is 0 Å². The highest BCUT2D eigenvalue weighted by Gasteiger charge is 2.33. The van der Waals surface area contributed by atoms with Gasteiger partial charge in [0, 0.05) is 19.6 Å². The van der Waals surface area contributed by atoms with Crippen molar-refractivity contribution in [1.82, 2.24) is 10.2 Å². The highest BCUT2D eigenvalue weighted by molar-refractivity contribution is 5.00. The second-order valence-electron chi connectivity index (χ2n) is 4.78. The first-order valence-corrected chi connectivity index (χ1v) is 6.31. The first-order chi connectivity index (χ1) is 7.81. The minimum Gasteiger partial charge on any atom is -0.373 e. The van der Waals surface area contributed by atoms with E-state index in [1.807, 2.05) is 0 Å². The smallest absolute Gasteiger partial charge is 0.124 e. The molecule has 4 nitrogen and oxygen atoms in total. The van der Waals surface area contributed by atoms with Gasteiger partial charge in [0.05, 0.1) is 18.3 Å². The molecule has 3 unspecified atom stereocenters. The Kier molecular flexibility index (Phi) is 4.16. The molecule has 0 saturated carbocycles. The van der Waals surface area contributed by atoms with Crippen molar-refractivity contribution in [3.05, 3.63) is 0 Å². The zero-order valence-corrected chi connectivity index (χ0v) is 9.98. The van der Waals surface area contributed by atoms with Crippen LogP contribution in [0.1, 0.15) is 26.2 Å². The first kappa shape index (κ1) is 11.8. The van der Waals surface area contributed by atoms with Crippen LogP contribution in [0.15, 0.2) is 0 Å².